The third-order valence-electron chi connectivity index (χ3n) is 9.03. The van der Waals surface area contributed by atoms with Crippen LogP contribution in [0.1, 0.15) is 55.3 Å². The van der Waals surface area contributed by atoms with Gasteiger partial charge in [-0.25, -0.2) is 9.97 Å². The van der Waals surface area contributed by atoms with Crippen LogP contribution in [-0.4, -0.2) is 67.0 Å². The van der Waals surface area contributed by atoms with Crippen molar-refractivity contribution in [1.82, 2.24) is 29.0 Å². The van der Waals surface area contributed by atoms with Gasteiger partial charge in [0.1, 0.15) is 16.9 Å². The Balaban J connectivity index is 1.35. The van der Waals surface area contributed by atoms with Gasteiger partial charge in [-0.2, -0.15) is 0 Å². The fourth-order valence-corrected chi connectivity index (χ4v) is 6.71. The second-order valence-corrected chi connectivity index (χ2v) is 12.1. The number of carbonyl (C=O) groups is 2. The molecule has 2 bridgehead atoms. The number of nitrogens with zero attached hydrogens (tertiary/aromatic N) is 6. The lowest BCUT2D eigenvalue weighted by molar-refractivity contribution is -0.116. The Morgan fingerprint density at radius 1 is 1.04 bits per heavy atom. The molecule has 1 fully saturated rings. The number of rotatable bonds is 3. The van der Waals surface area contributed by atoms with Crippen LogP contribution < -0.4 is 15.8 Å². The minimum Gasteiger partial charge on any atom is -0.494 e. The van der Waals surface area contributed by atoms with E-state index in [-0.39, 0.29) is 17.9 Å². The molecule has 0 aliphatic carbocycles. The van der Waals surface area contributed by atoms with Crippen LogP contribution in [-0.2, 0) is 18.4 Å². The maximum atomic E-state index is 13.5. The topological polar surface area (TPSA) is 133 Å². The first-order chi connectivity index (χ1) is 21.9. The Bertz CT molecular complexity index is 1930. The lowest BCUT2D eigenvalue weighted by Crippen LogP contribution is -2.45. The molecular formula is C34H38N8O3. The minimum absolute atomic E-state index is 0.00263. The van der Waals surface area contributed by atoms with Crippen molar-refractivity contribution in [2.24, 2.45) is 12.8 Å². The number of aromatic nitrogens is 5. The Morgan fingerprint density at radius 3 is 2.76 bits per heavy atom. The van der Waals surface area contributed by atoms with E-state index in [1.54, 1.807) is 19.5 Å². The first-order valence-corrected chi connectivity index (χ1v) is 15.8. The van der Waals surface area contributed by atoms with Gasteiger partial charge in [-0.15, -0.1) is 0 Å². The number of nitrogens with two attached hydrogens (primary N) is 1. The highest BCUT2D eigenvalue weighted by atomic mass is 16.5. The lowest BCUT2D eigenvalue weighted by atomic mass is 10.0. The monoisotopic (exact) mass is 606 g/mol. The summed E-state index contributed by atoms with van der Waals surface area (Å²) in [5, 5.41) is 4.06. The van der Waals surface area contributed by atoms with Crippen LogP contribution >= 0.6 is 0 Å². The molecule has 45 heavy (non-hydrogen) atoms. The van der Waals surface area contributed by atoms with E-state index in [4.69, 9.17) is 20.4 Å². The van der Waals surface area contributed by atoms with Gasteiger partial charge >= 0.3 is 0 Å². The highest BCUT2D eigenvalue weighted by molar-refractivity contribution is 6.00. The molecule has 11 nitrogen and oxygen atoms in total. The third-order valence-corrected chi connectivity index (χ3v) is 9.03. The predicted molar refractivity (Wildman–Crippen MR) is 174 cm³/mol. The average Bonchev–Trinajstić information content (AvgIpc) is 3.58. The van der Waals surface area contributed by atoms with Crippen LogP contribution in [0.2, 0.25) is 0 Å². The molecular weight excluding hydrogens is 568 g/mol. The molecule has 232 valence electrons. The number of hydrogen-bond donors (Lipinski definition) is 2. The van der Waals surface area contributed by atoms with Gasteiger partial charge in [-0.3, -0.25) is 14.6 Å². The number of nitrogens with one attached hydrogen (secondary N) is 1. The number of likely N-dealkylation sites (tertiary alicyclic amines) is 1. The smallest absolute Gasteiger partial charge is 0.254 e. The summed E-state index contributed by atoms with van der Waals surface area (Å²) in [5.41, 5.74) is 12.2. The van der Waals surface area contributed by atoms with E-state index in [1.807, 2.05) is 40.8 Å². The maximum absolute atomic E-state index is 13.5. The summed E-state index contributed by atoms with van der Waals surface area (Å²) in [6, 6.07) is 11.7. The Labute approximate surface area is 261 Å². The first kappa shape index (κ1) is 29.0. The van der Waals surface area contributed by atoms with Gasteiger partial charge in [0.25, 0.3) is 5.91 Å². The number of amides is 2. The molecule has 7 rings (SSSR count). The molecule has 0 unspecified atom stereocenters. The summed E-state index contributed by atoms with van der Waals surface area (Å²) in [5.74, 6) is 1.32. The zero-order chi connectivity index (χ0) is 31.1. The van der Waals surface area contributed by atoms with Gasteiger partial charge in [0.05, 0.1) is 29.7 Å². The fourth-order valence-electron chi connectivity index (χ4n) is 6.71. The second kappa shape index (κ2) is 12.0. The van der Waals surface area contributed by atoms with E-state index < -0.39 is 0 Å². The average molecular weight is 607 g/mol. The SMILES string of the molecule is COc1cc(C(=O)N2CCC[C@@H](N)C2)cc2nc(-c3cc4ccc5nc4n3CCCCCCC(=O)Nc3ccncc3-5)n(C)c12. The zero-order valence-corrected chi connectivity index (χ0v) is 25.8. The highest BCUT2D eigenvalue weighted by Gasteiger charge is 2.26. The van der Waals surface area contributed by atoms with Crippen LogP contribution in [0.5, 0.6) is 5.75 Å². The van der Waals surface area contributed by atoms with Crippen LogP contribution in [0.4, 0.5) is 5.69 Å². The molecule has 1 saturated heterocycles. The van der Waals surface area contributed by atoms with Crippen molar-refractivity contribution in [2.75, 3.05) is 25.5 Å². The molecule has 1 aromatic carbocycles. The molecule has 5 aromatic rings. The summed E-state index contributed by atoms with van der Waals surface area (Å²) in [6.45, 7) is 2.00. The number of pyridine rings is 2. The molecule has 1 atom stereocenters. The van der Waals surface area contributed by atoms with E-state index in [2.05, 4.69) is 27.0 Å². The second-order valence-electron chi connectivity index (χ2n) is 12.1. The standard InChI is InChI=1S/C34H38N8O3/c1-40-31-27(16-22(18-29(31)45-2)34(44)41-14-7-8-23(35)20-41)39-33(40)28-17-21-10-11-25-24-19-36-13-12-26(24)37-30(43)9-5-3-4-6-15-42(28)32(21)38-25/h10-13,16-19,23H,3-9,14-15,20,35H2,1-2H3,(H,37,43)/t23-/m1/s1. The summed E-state index contributed by atoms with van der Waals surface area (Å²) >= 11 is 0. The van der Waals surface area contributed by atoms with Crippen molar-refractivity contribution < 1.29 is 14.3 Å². The van der Waals surface area contributed by atoms with E-state index in [0.717, 1.165) is 84.4 Å². The zero-order valence-electron chi connectivity index (χ0n) is 25.8. The van der Waals surface area contributed by atoms with Gasteiger partial charge in [0.2, 0.25) is 5.91 Å². The maximum Gasteiger partial charge on any atom is 0.254 e. The number of ether oxygens (including phenoxy) is 1. The van der Waals surface area contributed by atoms with Gasteiger partial charge < -0.3 is 29.8 Å². The minimum atomic E-state index is -0.0532. The van der Waals surface area contributed by atoms with Crippen molar-refractivity contribution in [3.05, 3.63) is 54.4 Å². The number of imidazole rings is 1. The highest BCUT2D eigenvalue weighted by Crippen LogP contribution is 2.36. The molecule has 0 saturated carbocycles. The van der Waals surface area contributed by atoms with Crippen molar-refractivity contribution >= 4 is 39.6 Å². The van der Waals surface area contributed by atoms with E-state index in [0.29, 0.717) is 42.0 Å². The largest absolute Gasteiger partial charge is 0.494 e. The molecule has 0 spiro atoms. The number of anilines is 1. The predicted octanol–water partition coefficient (Wildman–Crippen LogP) is 5.13. The summed E-state index contributed by atoms with van der Waals surface area (Å²) in [4.78, 5) is 42.5. The van der Waals surface area contributed by atoms with E-state index in [9.17, 15) is 9.59 Å². The lowest BCUT2D eigenvalue weighted by Gasteiger charge is -2.30. The van der Waals surface area contributed by atoms with Crippen molar-refractivity contribution in [1.29, 1.82) is 0 Å². The summed E-state index contributed by atoms with van der Waals surface area (Å²) in [7, 11) is 3.61. The van der Waals surface area contributed by atoms with Crippen LogP contribution in [0, 0.1) is 0 Å². The number of carbonyl (C=O) groups excluding carboxylic acids is 2. The summed E-state index contributed by atoms with van der Waals surface area (Å²) < 4.78 is 10.1. The van der Waals surface area contributed by atoms with Crippen LogP contribution in [0.3, 0.4) is 0 Å². The Kier molecular flexibility index (Phi) is 7.70. The number of benzene rings is 1. The molecule has 2 aliphatic rings. The number of piperidine rings is 1. The van der Waals surface area contributed by atoms with E-state index in [1.165, 1.54) is 0 Å². The number of methoxy groups -OCH3 is 1. The first-order valence-electron chi connectivity index (χ1n) is 15.8. The van der Waals surface area contributed by atoms with E-state index >= 15 is 0 Å². The van der Waals surface area contributed by atoms with Gasteiger partial charge in [-0.05, 0) is 62.1 Å². The normalized spacial score (nSPS) is 17.7. The van der Waals surface area contributed by atoms with Gasteiger partial charge in [0, 0.05) is 68.1 Å². The third kappa shape index (κ3) is 5.41. The molecule has 11 heteroatoms. The Morgan fingerprint density at radius 2 is 1.91 bits per heavy atom. The van der Waals surface area contributed by atoms with Gasteiger partial charge in [-0.1, -0.05) is 12.8 Å². The van der Waals surface area contributed by atoms with Crippen molar-refractivity contribution in [3.8, 4) is 28.5 Å². The van der Waals surface area contributed by atoms with Crippen LogP contribution in [0.25, 0.3) is 44.8 Å². The molecule has 2 amide bonds. The molecule has 3 N–H and O–H groups in total. The molecule has 2 aliphatic heterocycles. The number of aryl methyl sites for hydroxylation is 2. The Hall–Kier alpha value is -4.77. The van der Waals surface area contributed by atoms with Crippen molar-refractivity contribution in [3.63, 3.8) is 0 Å². The number of hydrogen-bond acceptors (Lipinski definition) is 7. The molecule has 6 heterocycles. The quantitative estimate of drug-likeness (QED) is 0.291. The fraction of sp³-hybridized carbons (Fsp3) is 0.382. The van der Waals surface area contributed by atoms with Crippen molar-refractivity contribution in [2.45, 2.75) is 57.5 Å². The molecule has 4 aromatic heterocycles. The van der Waals surface area contributed by atoms with Crippen LogP contribution in [0.15, 0.2) is 48.8 Å². The summed E-state index contributed by atoms with van der Waals surface area (Å²) in [6.07, 6.45) is 9.47. The molecule has 0 radical (unpaired) electrons. The van der Waals surface area contributed by atoms with Gasteiger partial charge in [0.15, 0.2) is 5.82 Å². The number of fused-ring (bicyclic) bond motifs is 4.